The van der Waals surface area contributed by atoms with E-state index in [1.54, 1.807) is 0 Å². The Balaban J connectivity index is 1.95. The average Bonchev–Trinajstić information content (AvgIpc) is 3.35. The number of hydrogen-bond acceptors (Lipinski definition) is 7. The fourth-order valence-electron chi connectivity index (χ4n) is 4.58. The van der Waals surface area contributed by atoms with Gasteiger partial charge in [0.05, 0.1) is 6.61 Å². The molecule has 3 aliphatic rings. The highest BCUT2D eigenvalue weighted by Crippen LogP contribution is 2.44. The normalized spacial score (nSPS) is 33.3. The van der Waals surface area contributed by atoms with Crippen LogP contribution in [0.15, 0.2) is 0 Å². The highest BCUT2D eigenvalue weighted by molar-refractivity contribution is 6.74. The van der Waals surface area contributed by atoms with Crippen LogP contribution in [0.25, 0.3) is 0 Å². The Morgan fingerprint density at radius 1 is 1.00 bits per heavy atom. The SMILES string of the molecule is CCC1(CC)OC[C@H]([C@H](O[Si](C)(C)C(C)(C)C)[C@@H]2OCC(=O)[C@@H]3OC(CC)(CC)O[C@H]23)O1. The van der Waals surface area contributed by atoms with Gasteiger partial charge in [0.1, 0.15) is 31.0 Å². The van der Waals surface area contributed by atoms with Crippen molar-refractivity contribution in [3.05, 3.63) is 0 Å². The van der Waals surface area contributed by atoms with Crippen molar-refractivity contribution >= 4 is 14.1 Å². The summed E-state index contributed by atoms with van der Waals surface area (Å²) in [6.45, 7) is 19.7. The minimum atomic E-state index is -2.20. The molecule has 3 aliphatic heterocycles. The number of carbonyl (C=O) groups excluding carboxylic acids is 1. The zero-order valence-electron chi connectivity index (χ0n) is 21.5. The summed E-state index contributed by atoms with van der Waals surface area (Å²) in [4.78, 5) is 12.7. The first-order valence-corrected chi connectivity index (χ1v) is 15.3. The van der Waals surface area contributed by atoms with Gasteiger partial charge in [-0.25, -0.2) is 0 Å². The van der Waals surface area contributed by atoms with Crippen molar-refractivity contribution in [3.8, 4) is 0 Å². The molecular weight excluding hydrogens is 428 g/mol. The second kappa shape index (κ2) is 9.36. The Morgan fingerprint density at radius 3 is 2.09 bits per heavy atom. The summed E-state index contributed by atoms with van der Waals surface area (Å²) in [5.74, 6) is -1.43. The third-order valence-electron chi connectivity index (χ3n) is 8.01. The summed E-state index contributed by atoms with van der Waals surface area (Å²) in [5.41, 5.74) is 0. The molecule has 3 rings (SSSR count). The molecule has 186 valence electrons. The molecule has 0 spiro atoms. The van der Waals surface area contributed by atoms with Gasteiger partial charge in [-0.1, -0.05) is 48.5 Å². The Kier molecular flexibility index (Phi) is 7.68. The van der Waals surface area contributed by atoms with Crippen LogP contribution >= 0.6 is 0 Å². The smallest absolute Gasteiger partial charge is 0.192 e. The third kappa shape index (κ3) is 4.74. The molecule has 3 heterocycles. The van der Waals surface area contributed by atoms with Crippen LogP contribution in [0.1, 0.15) is 74.1 Å². The predicted molar refractivity (Wildman–Crippen MR) is 124 cm³/mol. The molecule has 0 aliphatic carbocycles. The molecule has 0 aromatic rings. The summed E-state index contributed by atoms with van der Waals surface area (Å²) in [5, 5.41) is 0.00479. The first-order valence-electron chi connectivity index (χ1n) is 12.4. The van der Waals surface area contributed by atoms with Crippen molar-refractivity contribution in [1.29, 1.82) is 0 Å². The van der Waals surface area contributed by atoms with Gasteiger partial charge in [0.15, 0.2) is 31.8 Å². The lowest BCUT2D eigenvalue weighted by Crippen LogP contribution is -2.60. The zero-order valence-corrected chi connectivity index (χ0v) is 22.5. The van der Waals surface area contributed by atoms with Gasteiger partial charge in [0, 0.05) is 0 Å². The number of ether oxygens (including phenoxy) is 5. The molecule has 0 bridgehead atoms. The van der Waals surface area contributed by atoms with Gasteiger partial charge in [-0.15, -0.1) is 0 Å². The van der Waals surface area contributed by atoms with Crippen LogP contribution in [0, 0.1) is 0 Å². The number of fused-ring (bicyclic) bond motifs is 1. The quantitative estimate of drug-likeness (QED) is 0.479. The molecule has 0 amide bonds. The molecule has 0 aromatic heterocycles. The Hall–Kier alpha value is -0.353. The Bertz CT molecular complexity index is 666. The van der Waals surface area contributed by atoms with Gasteiger partial charge in [-0.3, -0.25) is 4.79 Å². The van der Waals surface area contributed by atoms with E-state index in [1.807, 2.05) is 13.8 Å². The minimum absolute atomic E-state index is 0.00363. The molecule has 3 fully saturated rings. The number of rotatable bonds is 8. The van der Waals surface area contributed by atoms with Gasteiger partial charge in [0.2, 0.25) is 0 Å². The number of Topliss-reactive ketones (excluding diaryl/α,β-unsaturated/α-hetero) is 1. The first-order chi connectivity index (χ1) is 14.9. The van der Waals surface area contributed by atoms with E-state index in [1.165, 1.54) is 0 Å². The van der Waals surface area contributed by atoms with Crippen LogP contribution in [0.3, 0.4) is 0 Å². The fraction of sp³-hybridized carbons (Fsp3) is 0.958. The van der Waals surface area contributed by atoms with Crippen LogP contribution < -0.4 is 0 Å². The van der Waals surface area contributed by atoms with Crippen molar-refractivity contribution < 1.29 is 32.9 Å². The predicted octanol–water partition coefficient (Wildman–Crippen LogP) is 4.58. The second-order valence-electron chi connectivity index (χ2n) is 10.9. The van der Waals surface area contributed by atoms with Crippen molar-refractivity contribution in [2.45, 2.75) is 134 Å². The van der Waals surface area contributed by atoms with E-state index < -0.39 is 44.3 Å². The topological polar surface area (TPSA) is 72.5 Å². The molecule has 3 saturated heterocycles. The van der Waals surface area contributed by atoms with E-state index in [4.69, 9.17) is 28.1 Å². The maximum Gasteiger partial charge on any atom is 0.192 e. The average molecular weight is 473 g/mol. The monoisotopic (exact) mass is 472 g/mol. The third-order valence-corrected chi connectivity index (χ3v) is 12.5. The maximum atomic E-state index is 12.7. The first kappa shape index (κ1) is 26.3. The zero-order chi connectivity index (χ0) is 23.9. The summed E-state index contributed by atoms with van der Waals surface area (Å²) < 4.78 is 38.5. The van der Waals surface area contributed by atoms with E-state index in [0.717, 1.165) is 12.8 Å². The standard InChI is InChI=1S/C24H44O7Si/c1-10-23(11-2)27-15-17(28-23)19(31-32(8,9)22(5,6)7)20-21-18(16(25)14-26-20)29-24(12-3,13-4)30-21/h17-21H,10-15H2,1-9H3/t17-,18+,19+,20+,21+/m1/s1. The van der Waals surface area contributed by atoms with Gasteiger partial charge in [-0.05, 0) is 43.8 Å². The van der Waals surface area contributed by atoms with Gasteiger partial charge in [-0.2, -0.15) is 0 Å². The van der Waals surface area contributed by atoms with Crippen LogP contribution in [0.2, 0.25) is 18.1 Å². The molecule has 8 heteroatoms. The Labute approximate surface area is 194 Å². The summed E-state index contributed by atoms with van der Waals surface area (Å²) >= 11 is 0. The van der Waals surface area contributed by atoms with E-state index in [2.05, 4.69) is 47.7 Å². The second-order valence-corrected chi connectivity index (χ2v) is 15.7. The lowest BCUT2D eigenvalue weighted by molar-refractivity contribution is -0.210. The van der Waals surface area contributed by atoms with Gasteiger partial charge >= 0.3 is 0 Å². The number of hydrogen-bond donors (Lipinski definition) is 0. The fourth-order valence-corrected chi connectivity index (χ4v) is 5.90. The molecule has 7 nitrogen and oxygen atoms in total. The van der Waals surface area contributed by atoms with Crippen LogP contribution in [-0.2, 0) is 32.9 Å². The highest BCUT2D eigenvalue weighted by Gasteiger charge is 2.59. The molecule has 5 atom stereocenters. The van der Waals surface area contributed by atoms with Gasteiger partial charge < -0.3 is 28.1 Å². The van der Waals surface area contributed by atoms with Crippen molar-refractivity contribution in [2.24, 2.45) is 0 Å². The lowest BCUT2D eigenvalue weighted by atomic mass is 9.95. The molecule has 0 N–H and O–H groups in total. The van der Waals surface area contributed by atoms with Crippen LogP contribution in [0.4, 0.5) is 0 Å². The Morgan fingerprint density at radius 2 is 1.59 bits per heavy atom. The molecule has 0 saturated carbocycles. The number of carbonyl (C=O) groups is 1. The van der Waals surface area contributed by atoms with E-state index in [9.17, 15) is 4.79 Å². The van der Waals surface area contributed by atoms with Crippen LogP contribution in [-0.4, -0.2) is 69.4 Å². The van der Waals surface area contributed by atoms with E-state index in [0.29, 0.717) is 19.4 Å². The largest absolute Gasteiger partial charge is 0.408 e. The maximum absolute atomic E-state index is 12.7. The van der Waals surface area contributed by atoms with Crippen molar-refractivity contribution in [3.63, 3.8) is 0 Å². The van der Waals surface area contributed by atoms with Crippen LogP contribution in [0.5, 0.6) is 0 Å². The van der Waals surface area contributed by atoms with Gasteiger partial charge in [0.25, 0.3) is 0 Å². The summed E-state index contributed by atoms with van der Waals surface area (Å²) in [6, 6.07) is 0. The molecule has 0 unspecified atom stereocenters. The minimum Gasteiger partial charge on any atom is -0.408 e. The van der Waals surface area contributed by atoms with Crippen molar-refractivity contribution in [1.82, 2.24) is 0 Å². The molecule has 32 heavy (non-hydrogen) atoms. The lowest BCUT2D eigenvalue weighted by Gasteiger charge is -2.45. The number of ketones is 1. The van der Waals surface area contributed by atoms with E-state index in [-0.39, 0.29) is 23.5 Å². The molecular formula is C24H44O7Si. The molecule has 0 radical (unpaired) electrons. The van der Waals surface area contributed by atoms with E-state index >= 15 is 0 Å². The summed E-state index contributed by atoms with van der Waals surface area (Å²) in [7, 11) is -2.20. The molecule has 0 aromatic carbocycles. The summed E-state index contributed by atoms with van der Waals surface area (Å²) in [6.07, 6.45) is 0.522. The van der Waals surface area contributed by atoms with Crippen molar-refractivity contribution in [2.75, 3.05) is 13.2 Å². The highest BCUT2D eigenvalue weighted by atomic mass is 28.4.